The lowest BCUT2D eigenvalue weighted by molar-refractivity contribution is 0.236. The van der Waals surface area contributed by atoms with E-state index >= 15 is 0 Å². The zero-order chi connectivity index (χ0) is 11.3. The molecule has 4 heteroatoms. The van der Waals surface area contributed by atoms with Gasteiger partial charge in [-0.1, -0.05) is 45.0 Å². The first kappa shape index (κ1) is 13.1. The molecule has 1 fully saturated rings. The Morgan fingerprint density at radius 1 is 1.29 bits per heavy atom. The number of hydrogen-bond donors (Lipinski definition) is 1. The highest BCUT2D eigenvalue weighted by Gasteiger charge is 2.45. The molecular formula is C13H18BNOP. The van der Waals surface area contributed by atoms with Crippen LogP contribution in [0, 0.1) is 0 Å². The summed E-state index contributed by atoms with van der Waals surface area (Å²) in [4.78, 5) is 0. The Bertz CT molecular complexity index is 418. The van der Waals surface area contributed by atoms with Crippen LogP contribution in [0.4, 0.5) is 0 Å². The van der Waals surface area contributed by atoms with Crippen LogP contribution in [0.15, 0.2) is 24.3 Å². The van der Waals surface area contributed by atoms with Crippen molar-refractivity contribution in [3.63, 3.8) is 0 Å². The van der Waals surface area contributed by atoms with Crippen molar-refractivity contribution in [2.24, 2.45) is 0 Å². The van der Waals surface area contributed by atoms with E-state index in [-0.39, 0.29) is 13.6 Å². The van der Waals surface area contributed by atoms with Crippen LogP contribution >= 0.6 is 8.30 Å². The summed E-state index contributed by atoms with van der Waals surface area (Å²) < 4.78 is 6.19. The fourth-order valence-corrected chi connectivity index (χ4v) is 4.24. The van der Waals surface area contributed by atoms with Crippen molar-refractivity contribution < 1.29 is 4.52 Å². The summed E-state index contributed by atoms with van der Waals surface area (Å²) in [6.45, 7) is 6.75. The summed E-state index contributed by atoms with van der Waals surface area (Å²) in [5.41, 5.74) is 2.90. The Morgan fingerprint density at radius 3 is 2.71 bits per heavy atom. The Labute approximate surface area is 107 Å². The highest BCUT2D eigenvalue weighted by molar-refractivity contribution is 7.52. The van der Waals surface area contributed by atoms with Crippen molar-refractivity contribution in [1.29, 1.82) is 0 Å². The van der Waals surface area contributed by atoms with Crippen molar-refractivity contribution in [3.8, 4) is 0 Å². The molecule has 3 radical (unpaired) electrons. The van der Waals surface area contributed by atoms with Gasteiger partial charge in [0.05, 0.1) is 12.1 Å². The summed E-state index contributed by atoms with van der Waals surface area (Å²) >= 11 is 0. The van der Waals surface area contributed by atoms with Gasteiger partial charge < -0.3 is 4.52 Å². The Morgan fingerprint density at radius 2 is 2.00 bits per heavy atom. The smallest absolute Gasteiger partial charge is 0.108 e. The molecule has 1 aromatic rings. The second-order valence-corrected chi connectivity index (χ2v) is 8.02. The zero-order valence-corrected chi connectivity index (χ0v) is 11.5. The molecule has 0 bridgehead atoms. The second kappa shape index (κ2) is 4.38. The van der Waals surface area contributed by atoms with Crippen LogP contribution in [-0.4, -0.2) is 19.7 Å². The molecule has 1 saturated heterocycles. The largest absolute Gasteiger partial charge is 0.338 e. The quantitative estimate of drug-likeness (QED) is 0.561. The molecule has 3 rings (SSSR count). The molecule has 3 atom stereocenters. The minimum absolute atomic E-state index is 0. The molecule has 0 spiro atoms. The van der Waals surface area contributed by atoms with Gasteiger partial charge in [0, 0.05) is 20.0 Å². The summed E-state index contributed by atoms with van der Waals surface area (Å²) in [5.74, 6) is 0. The van der Waals surface area contributed by atoms with Gasteiger partial charge in [0.1, 0.15) is 8.30 Å². The zero-order valence-electron chi connectivity index (χ0n) is 10.6. The van der Waals surface area contributed by atoms with Crippen LogP contribution in [0.2, 0.25) is 0 Å². The molecule has 1 aliphatic carbocycles. The van der Waals surface area contributed by atoms with E-state index in [1.54, 1.807) is 0 Å². The van der Waals surface area contributed by atoms with Gasteiger partial charge in [-0.15, -0.1) is 0 Å². The Kier molecular flexibility index (Phi) is 3.37. The third-order valence-electron chi connectivity index (χ3n) is 3.29. The molecule has 1 heterocycles. The summed E-state index contributed by atoms with van der Waals surface area (Å²) in [6, 6.07) is 9.13. The van der Waals surface area contributed by atoms with Crippen molar-refractivity contribution in [3.05, 3.63) is 35.4 Å². The van der Waals surface area contributed by atoms with E-state index in [4.69, 9.17) is 4.52 Å². The first-order chi connectivity index (χ1) is 7.55. The Hall–Kier alpha value is -0.365. The van der Waals surface area contributed by atoms with E-state index < -0.39 is 8.30 Å². The van der Waals surface area contributed by atoms with Crippen LogP contribution in [0.25, 0.3) is 0 Å². The number of hydrogen-bond acceptors (Lipinski definition) is 2. The molecule has 0 amide bonds. The second-order valence-electron chi connectivity index (χ2n) is 5.62. The average Bonchev–Trinajstić information content (AvgIpc) is 2.72. The van der Waals surface area contributed by atoms with Gasteiger partial charge in [0.25, 0.3) is 0 Å². The summed E-state index contributed by atoms with van der Waals surface area (Å²) in [6.07, 6.45) is 1.44. The fraction of sp³-hybridized carbons (Fsp3) is 0.538. The van der Waals surface area contributed by atoms with E-state index in [9.17, 15) is 0 Å². The normalized spacial score (nSPS) is 30.6. The molecule has 2 aliphatic rings. The number of nitrogens with one attached hydrogen (secondary N) is 1. The van der Waals surface area contributed by atoms with Crippen molar-refractivity contribution in [1.82, 2.24) is 5.09 Å². The number of fused-ring (bicyclic) bond motifs is 3. The van der Waals surface area contributed by atoms with Crippen molar-refractivity contribution >= 4 is 16.7 Å². The average molecular weight is 246 g/mol. The molecule has 17 heavy (non-hydrogen) atoms. The molecule has 1 N–H and O–H groups in total. The third kappa shape index (κ3) is 2.17. The first-order valence-corrected chi connectivity index (χ1v) is 7.12. The Balaban J connectivity index is 0.00000108. The molecule has 2 nitrogen and oxygen atoms in total. The maximum Gasteiger partial charge on any atom is 0.108 e. The lowest BCUT2D eigenvalue weighted by Gasteiger charge is -2.26. The van der Waals surface area contributed by atoms with Crippen LogP contribution in [0.3, 0.4) is 0 Å². The fourth-order valence-electron chi connectivity index (χ4n) is 2.45. The lowest BCUT2D eigenvalue weighted by Crippen LogP contribution is -2.20. The molecule has 1 aliphatic heterocycles. The maximum atomic E-state index is 6.19. The molecule has 0 saturated carbocycles. The van der Waals surface area contributed by atoms with Crippen LogP contribution < -0.4 is 5.09 Å². The first-order valence-electron chi connectivity index (χ1n) is 5.87. The van der Waals surface area contributed by atoms with E-state index in [0.717, 1.165) is 6.42 Å². The highest BCUT2D eigenvalue weighted by Crippen LogP contribution is 2.58. The number of rotatable bonds is 0. The van der Waals surface area contributed by atoms with Crippen molar-refractivity contribution in [2.75, 3.05) is 0 Å². The monoisotopic (exact) mass is 246 g/mol. The minimum Gasteiger partial charge on any atom is -0.338 e. The van der Waals surface area contributed by atoms with Gasteiger partial charge in [-0.25, -0.2) is 0 Å². The van der Waals surface area contributed by atoms with E-state index in [0.29, 0.717) is 12.1 Å². The SMILES string of the molecule is CC(C)(C)[P@@]1N[C@H]2c3ccccc3C[C@H]2O1.[B]. The van der Waals surface area contributed by atoms with Gasteiger partial charge in [-0.2, -0.15) is 0 Å². The molecule has 89 valence electrons. The van der Waals surface area contributed by atoms with Crippen LogP contribution in [0.1, 0.15) is 37.9 Å². The van der Waals surface area contributed by atoms with Gasteiger partial charge in [0.15, 0.2) is 0 Å². The van der Waals surface area contributed by atoms with Gasteiger partial charge in [-0.05, 0) is 11.1 Å². The van der Waals surface area contributed by atoms with Gasteiger partial charge in [-0.3, -0.25) is 5.09 Å². The summed E-state index contributed by atoms with van der Waals surface area (Å²) in [7, 11) is -0.494. The molecule has 0 unspecified atom stereocenters. The van der Waals surface area contributed by atoms with Crippen LogP contribution in [-0.2, 0) is 10.9 Å². The molecule has 1 aromatic carbocycles. The predicted molar refractivity (Wildman–Crippen MR) is 73.3 cm³/mol. The lowest BCUT2D eigenvalue weighted by atomic mass is 10.1. The van der Waals surface area contributed by atoms with E-state index in [2.05, 4.69) is 50.1 Å². The van der Waals surface area contributed by atoms with Crippen molar-refractivity contribution in [2.45, 2.75) is 44.5 Å². The molecule has 0 aromatic heterocycles. The van der Waals surface area contributed by atoms with E-state index in [1.165, 1.54) is 11.1 Å². The standard InChI is InChI=1S/C13H18NOP.B/c1-13(2,3)16-14-12-10-7-5-4-6-9(10)8-11(12)15-16;/h4-7,11-12,14H,8H2,1-3H3;/t11-,12+,16+;/m1./s1. The third-order valence-corrected chi connectivity index (χ3v) is 5.50. The minimum atomic E-state index is -0.494. The summed E-state index contributed by atoms with van der Waals surface area (Å²) in [5, 5.41) is 3.92. The topological polar surface area (TPSA) is 21.3 Å². The number of benzene rings is 1. The van der Waals surface area contributed by atoms with E-state index in [1.807, 2.05) is 0 Å². The predicted octanol–water partition coefficient (Wildman–Crippen LogP) is 3.00. The van der Waals surface area contributed by atoms with Gasteiger partial charge >= 0.3 is 0 Å². The highest BCUT2D eigenvalue weighted by atomic mass is 31.2. The molecular weight excluding hydrogens is 228 g/mol. The van der Waals surface area contributed by atoms with Gasteiger partial charge in [0.2, 0.25) is 0 Å². The van der Waals surface area contributed by atoms with Crippen LogP contribution in [0.5, 0.6) is 0 Å². The maximum absolute atomic E-state index is 6.19.